The van der Waals surface area contributed by atoms with Crippen LogP contribution >= 0.6 is 0 Å². The molecule has 1 aliphatic heterocycles. The second kappa shape index (κ2) is 6.10. The minimum absolute atomic E-state index is 0.0151. The first-order chi connectivity index (χ1) is 7.65. The minimum Gasteiger partial charge on any atom is -0.339 e. The van der Waals surface area contributed by atoms with Crippen LogP contribution in [0.4, 0.5) is 0 Å². The summed E-state index contributed by atoms with van der Waals surface area (Å²) in [6.07, 6.45) is 6.99. The Labute approximate surface area is 96.2 Å². The third kappa shape index (κ3) is 3.53. The van der Waals surface area contributed by atoms with Gasteiger partial charge in [0, 0.05) is 39.2 Å². The van der Waals surface area contributed by atoms with E-state index in [4.69, 9.17) is 0 Å². The van der Waals surface area contributed by atoms with Crippen LogP contribution in [0, 0.1) is 0 Å². The molecule has 2 amide bonds. The average Bonchev–Trinajstić information content (AvgIpc) is 2.29. The SMILES string of the molecule is CC=CC=CC(=O)N1CCN(C(C)=O)CC1. The highest BCUT2D eigenvalue weighted by atomic mass is 16.2. The fourth-order valence-corrected chi connectivity index (χ4v) is 1.60. The third-order valence-corrected chi connectivity index (χ3v) is 2.58. The van der Waals surface area contributed by atoms with Crippen molar-refractivity contribution >= 4 is 11.8 Å². The van der Waals surface area contributed by atoms with Gasteiger partial charge in [0.2, 0.25) is 11.8 Å². The maximum Gasteiger partial charge on any atom is 0.246 e. The molecule has 1 rings (SSSR count). The summed E-state index contributed by atoms with van der Waals surface area (Å²) in [5, 5.41) is 0. The molecule has 0 radical (unpaired) electrons. The Morgan fingerprint density at radius 3 is 2.06 bits per heavy atom. The Kier molecular flexibility index (Phi) is 4.76. The lowest BCUT2D eigenvalue weighted by Gasteiger charge is -2.33. The lowest BCUT2D eigenvalue weighted by molar-refractivity contribution is -0.135. The quantitative estimate of drug-likeness (QED) is 0.512. The van der Waals surface area contributed by atoms with E-state index in [1.807, 2.05) is 19.1 Å². The average molecular weight is 222 g/mol. The first-order valence-electron chi connectivity index (χ1n) is 5.49. The summed E-state index contributed by atoms with van der Waals surface area (Å²) in [5.74, 6) is 0.0952. The summed E-state index contributed by atoms with van der Waals surface area (Å²) < 4.78 is 0. The van der Waals surface area contributed by atoms with Gasteiger partial charge in [0.1, 0.15) is 0 Å². The molecule has 0 saturated carbocycles. The van der Waals surface area contributed by atoms with Crippen LogP contribution in [0.5, 0.6) is 0 Å². The zero-order chi connectivity index (χ0) is 12.0. The maximum absolute atomic E-state index is 11.7. The van der Waals surface area contributed by atoms with Crippen molar-refractivity contribution in [1.82, 2.24) is 9.80 Å². The van der Waals surface area contributed by atoms with E-state index in [0.717, 1.165) is 0 Å². The highest BCUT2D eigenvalue weighted by Crippen LogP contribution is 2.02. The number of hydrogen-bond donors (Lipinski definition) is 0. The normalized spacial score (nSPS) is 17.4. The predicted octanol–water partition coefficient (Wildman–Crippen LogP) is 0.809. The Hall–Kier alpha value is -1.58. The van der Waals surface area contributed by atoms with Gasteiger partial charge in [-0.2, -0.15) is 0 Å². The van der Waals surface area contributed by atoms with Gasteiger partial charge in [-0.15, -0.1) is 0 Å². The van der Waals surface area contributed by atoms with E-state index < -0.39 is 0 Å². The third-order valence-electron chi connectivity index (χ3n) is 2.58. The van der Waals surface area contributed by atoms with Crippen LogP contribution in [0.15, 0.2) is 24.3 Å². The van der Waals surface area contributed by atoms with E-state index in [1.165, 1.54) is 0 Å². The van der Waals surface area contributed by atoms with E-state index in [-0.39, 0.29) is 11.8 Å². The number of allylic oxidation sites excluding steroid dienone is 3. The molecular weight excluding hydrogens is 204 g/mol. The van der Waals surface area contributed by atoms with Crippen molar-refractivity contribution < 1.29 is 9.59 Å². The molecule has 0 unspecified atom stereocenters. The van der Waals surface area contributed by atoms with Crippen molar-refractivity contribution in [2.45, 2.75) is 13.8 Å². The molecule has 0 aromatic heterocycles. The molecule has 0 bridgehead atoms. The number of amides is 2. The molecule has 0 N–H and O–H groups in total. The zero-order valence-corrected chi connectivity index (χ0v) is 9.85. The highest BCUT2D eigenvalue weighted by Gasteiger charge is 2.20. The molecule has 1 fully saturated rings. The summed E-state index contributed by atoms with van der Waals surface area (Å²) in [5.41, 5.74) is 0. The molecule has 1 aliphatic rings. The second-order valence-corrected chi connectivity index (χ2v) is 3.72. The first kappa shape index (κ1) is 12.5. The molecule has 0 spiro atoms. The molecule has 16 heavy (non-hydrogen) atoms. The van der Waals surface area contributed by atoms with Crippen LogP contribution in [0.3, 0.4) is 0 Å². The molecule has 0 aromatic carbocycles. The van der Waals surface area contributed by atoms with Crippen LogP contribution < -0.4 is 0 Å². The second-order valence-electron chi connectivity index (χ2n) is 3.72. The van der Waals surface area contributed by atoms with Crippen molar-refractivity contribution in [2.24, 2.45) is 0 Å². The van der Waals surface area contributed by atoms with Crippen molar-refractivity contribution in [3.63, 3.8) is 0 Å². The predicted molar refractivity (Wildman–Crippen MR) is 62.8 cm³/mol. The molecule has 0 aliphatic carbocycles. The number of rotatable bonds is 2. The molecule has 1 saturated heterocycles. The highest BCUT2D eigenvalue weighted by molar-refractivity contribution is 5.88. The molecule has 4 nitrogen and oxygen atoms in total. The van der Waals surface area contributed by atoms with Gasteiger partial charge in [-0.1, -0.05) is 18.2 Å². The van der Waals surface area contributed by atoms with Gasteiger partial charge in [-0.25, -0.2) is 0 Å². The lowest BCUT2D eigenvalue weighted by atomic mass is 10.3. The van der Waals surface area contributed by atoms with Gasteiger partial charge >= 0.3 is 0 Å². The van der Waals surface area contributed by atoms with E-state index in [1.54, 1.807) is 28.9 Å². The molecule has 88 valence electrons. The van der Waals surface area contributed by atoms with E-state index in [9.17, 15) is 9.59 Å². The van der Waals surface area contributed by atoms with Crippen LogP contribution in [-0.4, -0.2) is 47.8 Å². The standard InChI is InChI=1S/C12H18N2O2/c1-3-4-5-6-12(16)14-9-7-13(8-10-14)11(2)15/h3-6H,7-10H2,1-2H3. The summed E-state index contributed by atoms with van der Waals surface area (Å²) in [7, 11) is 0. The van der Waals surface area contributed by atoms with Crippen LogP contribution in [0.2, 0.25) is 0 Å². The Morgan fingerprint density at radius 1 is 1.00 bits per heavy atom. The van der Waals surface area contributed by atoms with E-state index >= 15 is 0 Å². The van der Waals surface area contributed by atoms with Gasteiger partial charge in [0.05, 0.1) is 0 Å². The largest absolute Gasteiger partial charge is 0.339 e. The van der Waals surface area contributed by atoms with Crippen molar-refractivity contribution in [1.29, 1.82) is 0 Å². The summed E-state index contributed by atoms with van der Waals surface area (Å²) in [6.45, 7) is 5.98. The molecule has 1 heterocycles. The molecular formula is C12H18N2O2. The fraction of sp³-hybridized carbons (Fsp3) is 0.500. The van der Waals surface area contributed by atoms with Crippen LogP contribution in [-0.2, 0) is 9.59 Å². The van der Waals surface area contributed by atoms with E-state index in [0.29, 0.717) is 26.2 Å². The Bertz CT molecular complexity index is 313. The molecule has 0 aromatic rings. The summed E-state index contributed by atoms with van der Waals surface area (Å²) >= 11 is 0. The Balaban J connectivity index is 2.41. The van der Waals surface area contributed by atoms with Crippen LogP contribution in [0.25, 0.3) is 0 Å². The summed E-state index contributed by atoms with van der Waals surface area (Å²) in [6, 6.07) is 0. The number of carbonyl (C=O) groups excluding carboxylic acids is 2. The topological polar surface area (TPSA) is 40.6 Å². The van der Waals surface area contributed by atoms with Crippen molar-refractivity contribution in [3.05, 3.63) is 24.3 Å². The monoisotopic (exact) mass is 222 g/mol. The summed E-state index contributed by atoms with van der Waals surface area (Å²) in [4.78, 5) is 26.3. The molecule has 4 heteroatoms. The lowest BCUT2D eigenvalue weighted by Crippen LogP contribution is -2.49. The van der Waals surface area contributed by atoms with Crippen molar-refractivity contribution in [3.8, 4) is 0 Å². The van der Waals surface area contributed by atoms with Gasteiger partial charge in [-0.05, 0) is 6.92 Å². The molecule has 0 atom stereocenters. The maximum atomic E-state index is 11.7. The fourth-order valence-electron chi connectivity index (χ4n) is 1.60. The van der Waals surface area contributed by atoms with Gasteiger partial charge in [0.15, 0.2) is 0 Å². The van der Waals surface area contributed by atoms with Gasteiger partial charge in [0.25, 0.3) is 0 Å². The minimum atomic E-state index is 0.0151. The first-order valence-corrected chi connectivity index (χ1v) is 5.49. The smallest absolute Gasteiger partial charge is 0.246 e. The van der Waals surface area contributed by atoms with E-state index in [2.05, 4.69) is 0 Å². The van der Waals surface area contributed by atoms with Crippen LogP contribution in [0.1, 0.15) is 13.8 Å². The zero-order valence-electron chi connectivity index (χ0n) is 9.85. The number of piperazine rings is 1. The number of hydrogen-bond acceptors (Lipinski definition) is 2. The van der Waals surface area contributed by atoms with Gasteiger partial charge in [-0.3, -0.25) is 9.59 Å². The van der Waals surface area contributed by atoms with Crippen molar-refractivity contribution in [2.75, 3.05) is 26.2 Å². The number of nitrogens with zero attached hydrogens (tertiary/aromatic N) is 2. The van der Waals surface area contributed by atoms with Gasteiger partial charge < -0.3 is 9.80 Å². The number of carbonyl (C=O) groups is 2. The Morgan fingerprint density at radius 2 is 1.56 bits per heavy atom.